The molecular weight excluding hydrogens is 238 g/mol. The molecule has 0 radical (unpaired) electrons. The number of carbonyl (C=O) groups excluding carboxylic acids is 2. The van der Waals surface area contributed by atoms with Crippen LogP contribution < -0.4 is 5.73 Å². The number of carbonyl (C=O) groups is 2. The van der Waals surface area contributed by atoms with E-state index in [0.29, 0.717) is 0 Å². The van der Waals surface area contributed by atoms with Gasteiger partial charge in [0.05, 0.1) is 19.1 Å². The third-order valence-electron chi connectivity index (χ3n) is 2.23. The molecule has 0 amide bonds. The monoisotopic (exact) mass is 249 g/mol. The number of nitrogen functional groups attached to an aromatic ring is 1. The Labute approximate surface area is 102 Å². The highest BCUT2D eigenvalue weighted by Gasteiger charge is 2.21. The Morgan fingerprint density at radius 2 is 2.33 bits per heavy atom. The topological polar surface area (TPSA) is 100 Å². The number of anilines is 1. The van der Waals surface area contributed by atoms with E-state index in [1.54, 1.807) is 13.0 Å². The molecule has 2 heterocycles. The minimum absolute atomic E-state index is 0.0526. The summed E-state index contributed by atoms with van der Waals surface area (Å²) < 4.78 is 10.6. The zero-order valence-electron chi connectivity index (χ0n) is 9.62. The predicted molar refractivity (Wildman–Crippen MR) is 61.0 cm³/mol. The lowest BCUT2D eigenvalue weighted by Gasteiger charge is -2.02. The average molecular weight is 249 g/mol. The second-order valence-electron chi connectivity index (χ2n) is 3.36. The lowest BCUT2D eigenvalue weighted by Crippen LogP contribution is -2.16. The molecule has 0 aliphatic heterocycles. The zero-order chi connectivity index (χ0) is 13.1. The molecule has 7 nitrogen and oxygen atoms in total. The maximum absolute atomic E-state index is 11.9. The van der Waals surface area contributed by atoms with Gasteiger partial charge in [-0.15, -0.1) is 0 Å². The van der Waals surface area contributed by atoms with Crippen LogP contribution in [-0.4, -0.2) is 28.3 Å². The van der Waals surface area contributed by atoms with Crippen LogP contribution in [0.1, 0.15) is 27.8 Å². The summed E-state index contributed by atoms with van der Waals surface area (Å²) in [5.74, 6) is -1.16. The van der Waals surface area contributed by atoms with E-state index in [1.807, 2.05) is 0 Å². The van der Waals surface area contributed by atoms with Crippen molar-refractivity contribution >= 4 is 17.7 Å². The van der Waals surface area contributed by atoms with Crippen molar-refractivity contribution in [2.75, 3.05) is 12.3 Å². The van der Waals surface area contributed by atoms with Crippen LogP contribution in [0.15, 0.2) is 29.0 Å². The normalized spacial score (nSPS) is 10.3. The van der Waals surface area contributed by atoms with Gasteiger partial charge in [-0.05, 0) is 19.1 Å². The molecule has 0 atom stereocenters. The molecule has 0 aliphatic carbocycles. The van der Waals surface area contributed by atoms with Crippen LogP contribution in [-0.2, 0) is 4.74 Å². The summed E-state index contributed by atoms with van der Waals surface area (Å²) in [6.07, 6.45) is 2.55. The van der Waals surface area contributed by atoms with Crippen molar-refractivity contribution in [3.8, 4) is 0 Å². The Bertz CT molecular complexity index is 571. The molecule has 2 N–H and O–H groups in total. The van der Waals surface area contributed by atoms with E-state index in [0.717, 1.165) is 4.68 Å². The number of nitrogens with zero attached hydrogens (tertiary/aromatic N) is 2. The summed E-state index contributed by atoms with van der Waals surface area (Å²) >= 11 is 0. The summed E-state index contributed by atoms with van der Waals surface area (Å²) in [6, 6.07) is 3.05. The van der Waals surface area contributed by atoms with Crippen LogP contribution >= 0.6 is 0 Å². The number of hydrogen-bond donors (Lipinski definition) is 1. The largest absolute Gasteiger partial charge is 0.462 e. The van der Waals surface area contributed by atoms with Crippen LogP contribution in [0.25, 0.3) is 0 Å². The van der Waals surface area contributed by atoms with Gasteiger partial charge in [0.2, 0.25) is 0 Å². The van der Waals surface area contributed by atoms with Gasteiger partial charge in [0.1, 0.15) is 11.4 Å². The molecule has 18 heavy (non-hydrogen) atoms. The van der Waals surface area contributed by atoms with Gasteiger partial charge in [0.25, 0.3) is 0 Å². The van der Waals surface area contributed by atoms with Crippen LogP contribution in [0.2, 0.25) is 0 Å². The van der Waals surface area contributed by atoms with Crippen LogP contribution in [0, 0.1) is 0 Å². The second kappa shape index (κ2) is 4.74. The van der Waals surface area contributed by atoms with Gasteiger partial charge >= 0.3 is 11.9 Å². The highest BCUT2D eigenvalue weighted by atomic mass is 16.5. The minimum Gasteiger partial charge on any atom is -0.462 e. The number of nitrogens with two attached hydrogens (primary N) is 1. The molecular formula is C11H11N3O4. The SMILES string of the molecule is CCOC(=O)c1cnn(C(=O)c2ccco2)c1N. The van der Waals surface area contributed by atoms with E-state index >= 15 is 0 Å². The summed E-state index contributed by atoms with van der Waals surface area (Å²) in [4.78, 5) is 23.4. The second-order valence-corrected chi connectivity index (χ2v) is 3.36. The standard InChI is InChI=1S/C11H11N3O4/c1-2-17-11(16)7-6-13-14(9(7)12)10(15)8-4-3-5-18-8/h3-6H,2,12H2,1H3. The first-order valence-corrected chi connectivity index (χ1v) is 5.24. The Kier molecular flexibility index (Phi) is 3.13. The van der Waals surface area contributed by atoms with Crippen molar-refractivity contribution in [1.29, 1.82) is 0 Å². The first-order chi connectivity index (χ1) is 8.65. The van der Waals surface area contributed by atoms with Gasteiger partial charge in [-0.3, -0.25) is 4.79 Å². The van der Waals surface area contributed by atoms with Crippen molar-refractivity contribution < 1.29 is 18.7 Å². The zero-order valence-corrected chi connectivity index (χ0v) is 9.62. The van der Waals surface area contributed by atoms with Gasteiger partial charge in [0, 0.05) is 0 Å². The molecule has 2 aromatic heterocycles. The van der Waals surface area contributed by atoms with Gasteiger partial charge in [-0.1, -0.05) is 0 Å². The molecule has 0 saturated heterocycles. The van der Waals surface area contributed by atoms with Crippen molar-refractivity contribution in [1.82, 2.24) is 9.78 Å². The van der Waals surface area contributed by atoms with Crippen molar-refractivity contribution in [2.45, 2.75) is 6.92 Å². The first-order valence-electron chi connectivity index (χ1n) is 5.24. The number of furan rings is 1. The first kappa shape index (κ1) is 11.9. The quantitative estimate of drug-likeness (QED) is 0.812. The van der Waals surface area contributed by atoms with Crippen molar-refractivity contribution in [3.05, 3.63) is 35.9 Å². The van der Waals surface area contributed by atoms with Gasteiger partial charge in [-0.2, -0.15) is 9.78 Å². The number of ether oxygens (including phenoxy) is 1. The fourth-order valence-electron chi connectivity index (χ4n) is 1.39. The predicted octanol–water partition coefficient (Wildman–Crippen LogP) is 0.923. The molecule has 0 spiro atoms. The maximum Gasteiger partial charge on any atom is 0.343 e. The summed E-state index contributed by atoms with van der Waals surface area (Å²) in [5, 5.41) is 3.76. The molecule has 0 aromatic carbocycles. The van der Waals surface area contributed by atoms with E-state index in [-0.39, 0.29) is 23.7 Å². The average Bonchev–Trinajstić information content (AvgIpc) is 2.97. The molecule has 0 saturated carbocycles. The van der Waals surface area contributed by atoms with E-state index in [9.17, 15) is 9.59 Å². The van der Waals surface area contributed by atoms with Crippen LogP contribution in [0.4, 0.5) is 5.82 Å². The molecule has 0 aliphatic rings. The smallest absolute Gasteiger partial charge is 0.343 e. The van der Waals surface area contributed by atoms with E-state index < -0.39 is 11.9 Å². The van der Waals surface area contributed by atoms with Crippen LogP contribution in [0.3, 0.4) is 0 Å². The van der Waals surface area contributed by atoms with E-state index in [2.05, 4.69) is 5.10 Å². The van der Waals surface area contributed by atoms with Gasteiger partial charge in [0.15, 0.2) is 5.76 Å². The summed E-state index contributed by atoms with van der Waals surface area (Å²) in [6.45, 7) is 1.89. The van der Waals surface area contributed by atoms with Crippen LogP contribution in [0.5, 0.6) is 0 Å². The van der Waals surface area contributed by atoms with E-state index in [1.165, 1.54) is 18.5 Å². The number of rotatable bonds is 3. The number of aromatic nitrogens is 2. The third-order valence-corrected chi connectivity index (χ3v) is 2.23. The maximum atomic E-state index is 11.9. The Morgan fingerprint density at radius 1 is 1.56 bits per heavy atom. The highest BCUT2D eigenvalue weighted by Crippen LogP contribution is 2.14. The molecule has 2 rings (SSSR count). The van der Waals surface area contributed by atoms with Crippen molar-refractivity contribution in [2.24, 2.45) is 0 Å². The number of esters is 1. The molecule has 0 bridgehead atoms. The minimum atomic E-state index is -0.617. The molecule has 0 unspecified atom stereocenters. The lowest BCUT2D eigenvalue weighted by molar-refractivity contribution is 0.0527. The number of hydrogen-bond acceptors (Lipinski definition) is 6. The summed E-state index contributed by atoms with van der Waals surface area (Å²) in [7, 11) is 0. The molecule has 94 valence electrons. The van der Waals surface area contributed by atoms with Gasteiger partial charge in [-0.25, -0.2) is 4.79 Å². The summed E-state index contributed by atoms with van der Waals surface area (Å²) in [5.41, 5.74) is 5.73. The molecule has 2 aromatic rings. The lowest BCUT2D eigenvalue weighted by atomic mass is 10.3. The fraction of sp³-hybridized carbons (Fsp3) is 0.182. The van der Waals surface area contributed by atoms with Gasteiger partial charge < -0.3 is 14.9 Å². The van der Waals surface area contributed by atoms with E-state index in [4.69, 9.17) is 14.9 Å². The highest BCUT2D eigenvalue weighted by molar-refractivity contribution is 6.00. The Hall–Kier alpha value is -2.57. The third kappa shape index (κ3) is 1.97. The fourth-order valence-corrected chi connectivity index (χ4v) is 1.39. The Balaban J connectivity index is 2.31. The molecule has 7 heteroatoms. The molecule has 0 fully saturated rings. The Morgan fingerprint density at radius 3 is 2.94 bits per heavy atom. The van der Waals surface area contributed by atoms with Crippen molar-refractivity contribution in [3.63, 3.8) is 0 Å².